The van der Waals surface area contributed by atoms with Gasteiger partial charge in [0.05, 0.1) is 5.92 Å². The first-order chi connectivity index (χ1) is 13.7. The van der Waals surface area contributed by atoms with Gasteiger partial charge in [-0.1, -0.05) is 12.1 Å². The molecule has 0 saturated carbocycles. The number of hydrogen-bond donors (Lipinski definition) is 2. The van der Waals surface area contributed by atoms with Crippen molar-refractivity contribution in [1.82, 2.24) is 14.7 Å². The highest BCUT2D eigenvalue weighted by Gasteiger charge is 2.44. The summed E-state index contributed by atoms with van der Waals surface area (Å²) in [6.07, 6.45) is 1.53. The molecule has 2 fully saturated rings. The highest BCUT2D eigenvalue weighted by atomic mass is 16.4. The van der Waals surface area contributed by atoms with Gasteiger partial charge in [0, 0.05) is 38.1 Å². The maximum absolute atomic E-state index is 13.2. The number of likely N-dealkylation sites (N-methyl/N-ethyl adjacent to an activating group) is 1. The van der Waals surface area contributed by atoms with Gasteiger partial charge in [-0.05, 0) is 44.5 Å². The molecule has 1 aromatic rings. The molecule has 2 heterocycles. The molecule has 8 nitrogen and oxygen atoms in total. The highest BCUT2D eigenvalue weighted by molar-refractivity contribution is 5.84. The Morgan fingerprint density at radius 2 is 1.83 bits per heavy atom. The quantitative estimate of drug-likeness (QED) is 0.781. The predicted molar refractivity (Wildman–Crippen MR) is 107 cm³/mol. The Kier molecular flexibility index (Phi) is 6.12. The van der Waals surface area contributed by atoms with E-state index in [9.17, 15) is 19.5 Å². The van der Waals surface area contributed by atoms with E-state index in [1.807, 2.05) is 18.9 Å². The van der Waals surface area contributed by atoms with Gasteiger partial charge in [0.15, 0.2) is 0 Å². The lowest BCUT2D eigenvalue weighted by Gasteiger charge is -2.49. The molecular weight excluding hydrogens is 374 g/mol. The molecule has 2 amide bonds. The molecule has 1 aromatic carbocycles. The Labute approximate surface area is 170 Å². The van der Waals surface area contributed by atoms with E-state index in [4.69, 9.17) is 5.11 Å². The lowest BCUT2D eigenvalue weighted by Crippen LogP contribution is -2.62. The fourth-order valence-corrected chi connectivity index (χ4v) is 4.39. The third-order valence-electron chi connectivity index (χ3n) is 6.41. The summed E-state index contributed by atoms with van der Waals surface area (Å²) in [7, 11) is 2.02. The summed E-state index contributed by atoms with van der Waals surface area (Å²) in [6.45, 7) is 3.82. The molecule has 2 N–H and O–H groups in total. The van der Waals surface area contributed by atoms with Gasteiger partial charge < -0.3 is 20.0 Å². The van der Waals surface area contributed by atoms with Crippen LogP contribution in [0.15, 0.2) is 24.3 Å². The second-order valence-corrected chi connectivity index (χ2v) is 8.18. The van der Waals surface area contributed by atoms with Crippen LogP contribution in [0.3, 0.4) is 0 Å². The smallest absolute Gasteiger partial charge is 0.323 e. The maximum Gasteiger partial charge on any atom is 0.323 e. The zero-order valence-corrected chi connectivity index (χ0v) is 17.0. The summed E-state index contributed by atoms with van der Waals surface area (Å²) in [6, 6.07) is 6.69. The Balaban J connectivity index is 1.74. The first kappa shape index (κ1) is 21.1. The van der Waals surface area contributed by atoms with Crippen LogP contribution in [0.4, 0.5) is 0 Å². The molecule has 29 heavy (non-hydrogen) atoms. The number of amides is 2. The molecule has 158 valence electrons. The summed E-state index contributed by atoms with van der Waals surface area (Å²) >= 11 is 0. The molecule has 2 saturated heterocycles. The van der Waals surface area contributed by atoms with Gasteiger partial charge in [0.25, 0.3) is 0 Å². The normalized spacial score (nSPS) is 24.4. The van der Waals surface area contributed by atoms with Gasteiger partial charge >= 0.3 is 5.97 Å². The number of phenols is 1. The van der Waals surface area contributed by atoms with E-state index in [0.717, 1.165) is 5.56 Å². The lowest BCUT2D eigenvalue weighted by molar-refractivity contribution is -0.144. The largest absolute Gasteiger partial charge is 0.508 e. The maximum atomic E-state index is 13.2. The van der Waals surface area contributed by atoms with Crippen molar-refractivity contribution in [3.8, 4) is 5.75 Å². The minimum atomic E-state index is -1.01. The summed E-state index contributed by atoms with van der Waals surface area (Å²) in [4.78, 5) is 42.1. The molecule has 0 radical (unpaired) electrons. The zero-order valence-electron chi connectivity index (χ0n) is 17.0. The Morgan fingerprint density at radius 3 is 2.48 bits per heavy atom. The van der Waals surface area contributed by atoms with E-state index in [-0.39, 0.29) is 42.0 Å². The molecule has 2 atom stereocenters. The summed E-state index contributed by atoms with van der Waals surface area (Å²) in [5.41, 5.74) is 0.523. The van der Waals surface area contributed by atoms with Gasteiger partial charge in [-0.3, -0.25) is 19.3 Å². The monoisotopic (exact) mass is 403 g/mol. The van der Waals surface area contributed by atoms with Gasteiger partial charge in [-0.25, -0.2) is 0 Å². The lowest BCUT2D eigenvalue weighted by atomic mass is 9.85. The average Bonchev–Trinajstić information content (AvgIpc) is 2.84. The van der Waals surface area contributed by atoms with Crippen molar-refractivity contribution in [3.05, 3.63) is 29.8 Å². The number of benzene rings is 1. The zero-order chi connectivity index (χ0) is 21.2. The van der Waals surface area contributed by atoms with E-state index in [2.05, 4.69) is 4.90 Å². The summed E-state index contributed by atoms with van der Waals surface area (Å²) < 4.78 is 0. The van der Waals surface area contributed by atoms with Crippen LogP contribution in [0.5, 0.6) is 5.75 Å². The number of carboxylic acid groups (broad SMARTS) is 1. The van der Waals surface area contributed by atoms with Crippen LogP contribution in [-0.4, -0.2) is 88.0 Å². The number of phenolic OH excluding ortho intramolecular Hbond substituents is 1. The van der Waals surface area contributed by atoms with Crippen molar-refractivity contribution in [1.29, 1.82) is 0 Å². The number of likely N-dealkylation sites (tertiary alicyclic amines) is 1. The number of rotatable bonds is 4. The van der Waals surface area contributed by atoms with Crippen molar-refractivity contribution in [2.45, 2.75) is 37.6 Å². The van der Waals surface area contributed by atoms with Crippen molar-refractivity contribution >= 4 is 17.8 Å². The fraction of sp³-hybridized carbons (Fsp3) is 0.571. The molecule has 1 spiro atoms. The topological polar surface area (TPSA) is 101 Å². The number of carboxylic acids is 1. The number of aliphatic carboxylic acids is 1. The Hall–Kier alpha value is -2.61. The first-order valence-corrected chi connectivity index (χ1v) is 10.0. The molecule has 2 aliphatic rings. The third-order valence-corrected chi connectivity index (χ3v) is 6.41. The van der Waals surface area contributed by atoms with Crippen molar-refractivity contribution in [2.75, 3.05) is 39.8 Å². The van der Waals surface area contributed by atoms with Crippen LogP contribution in [0.1, 0.15) is 37.7 Å². The molecule has 8 heteroatoms. The van der Waals surface area contributed by atoms with Crippen molar-refractivity contribution < 1.29 is 24.6 Å². The van der Waals surface area contributed by atoms with Crippen LogP contribution in [0, 0.1) is 0 Å². The molecule has 0 aliphatic carbocycles. The number of nitrogens with zero attached hydrogens (tertiary/aromatic N) is 3. The third kappa shape index (κ3) is 4.53. The molecule has 3 rings (SSSR count). The standard InChI is InChI=1S/C21H29N3O5/c1-15(16-3-5-17(25)6-4-16)20(29)24-12-11-22(2)21(14-24)8-7-18(26)23(10-9-21)13-19(27)28/h3-6,15,25H,7-14H2,1-2H3,(H,27,28). The van der Waals surface area contributed by atoms with Gasteiger partial charge in [0.1, 0.15) is 12.3 Å². The van der Waals surface area contributed by atoms with E-state index < -0.39 is 5.97 Å². The number of hydrogen-bond acceptors (Lipinski definition) is 5. The van der Waals surface area contributed by atoms with Crippen LogP contribution < -0.4 is 0 Å². The van der Waals surface area contributed by atoms with E-state index in [1.54, 1.807) is 24.3 Å². The highest BCUT2D eigenvalue weighted by Crippen LogP contribution is 2.33. The van der Waals surface area contributed by atoms with Gasteiger partial charge in [-0.15, -0.1) is 0 Å². The van der Waals surface area contributed by atoms with Crippen LogP contribution in [-0.2, 0) is 14.4 Å². The van der Waals surface area contributed by atoms with Crippen molar-refractivity contribution in [3.63, 3.8) is 0 Å². The molecular formula is C21H29N3O5. The van der Waals surface area contributed by atoms with E-state index in [0.29, 0.717) is 39.0 Å². The minimum Gasteiger partial charge on any atom is -0.508 e. The first-order valence-electron chi connectivity index (χ1n) is 10.0. The number of aromatic hydroxyl groups is 1. The summed E-state index contributed by atoms with van der Waals surface area (Å²) in [5, 5.41) is 18.5. The Morgan fingerprint density at radius 1 is 1.14 bits per heavy atom. The van der Waals surface area contributed by atoms with E-state index in [1.165, 1.54) is 4.90 Å². The SMILES string of the molecule is CC(C(=O)N1CCN(C)C2(CCC(=O)N(CC(=O)O)CC2)C1)c1ccc(O)cc1. The number of carbonyl (C=O) groups excluding carboxylic acids is 2. The Bertz CT molecular complexity index is 781. The summed E-state index contributed by atoms with van der Waals surface area (Å²) in [5.74, 6) is -1.28. The average molecular weight is 403 g/mol. The van der Waals surface area contributed by atoms with Crippen LogP contribution >= 0.6 is 0 Å². The number of carbonyl (C=O) groups is 3. The fourth-order valence-electron chi connectivity index (χ4n) is 4.39. The van der Waals surface area contributed by atoms with Gasteiger partial charge in [0.2, 0.25) is 11.8 Å². The molecule has 2 unspecified atom stereocenters. The van der Waals surface area contributed by atoms with Gasteiger partial charge in [-0.2, -0.15) is 0 Å². The number of piperazine rings is 1. The minimum absolute atomic E-state index is 0.0288. The van der Waals surface area contributed by atoms with E-state index >= 15 is 0 Å². The van der Waals surface area contributed by atoms with Crippen molar-refractivity contribution in [2.24, 2.45) is 0 Å². The predicted octanol–water partition coefficient (Wildman–Crippen LogP) is 1.11. The molecule has 0 aromatic heterocycles. The second kappa shape index (κ2) is 8.41. The molecule has 2 aliphatic heterocycles. The van der Waals surface area contributed by atoms with Crippen LogP contribution in [0.25, 0.3) is 0 Å². The molecule has 0 bridgehead atoms. The second-order valence-electron chi connectivity index (χ2n) is 8.18. The van der Waals surface area contributed by atoms with Crippen LogP contribution in [0.2, 0.25) is 0 Å².